The van der Waals surface area contributed by atoms with E-state index in [-0.39, 0.29) is 11.8 Å². The van der Waals surface area contributed by atoms with Crippen LogP contribution in [0.4, 0.5) is 0 Å². The van der Waals surface area contributed by atoms with E-state index in [1.165, 1.54) is 11.1 Å². The van der Waals surface area contributed by atoms with Crippen LogP contribution in [0.3, 0.4) is 0 Å². The van der Waals surface area contributed by atoms with Crippen molar-refractivity contribution in [2.24, 2.45) is 5.92 Å². The molecule has 2 aromatic rings. The van der Waals surface area contributed by atoms with Gasteiger partial charge in [0.25, 0.3) is 0 Å². The average Bonchev–Trinajstić information content (AvgIpc) is 3.19. The summed E-state index contributed by atoms with van der Waals surface area (Å²) in [4.78, 5) is 24.5. The molecule has 1 aliphatic rings. The maximum Gasteiger partial charge on any atom is 0.338 e. The van der Waals surface area contributed by atoms with E-state index in [4.69, 9.17) is 9.47 Å². The molecule has 1 unspecified atom stereocenters. The summed E-state index contributed by atoms with van der Waals surface area (Å²) in [5, 5.41) is 0. The molecule has 0 saturated carbocycles. The number of carbonyl (C=O) groups is 2. The number of allylic oxidation sites excluding steroid dienone is 3. The number of benzene rings is 2. The van der Waals surface area contributed by atoms with Gasteiger partial charge in [0.2, 0.25) is 0 Å². The number of Topliss-reactive ketones (excluding diaryl/α,β-unsaturated/α-hetero) is 1. The lowest BCUT2D eigenvalue weighted by atomic mass is 9.89. The molecule has 0 fully saturated rings. The molecule has 4 heteroatoms. The van der Waals surface area contributed by atoms with Crippen molar-refractivity contribution in [3.63, 3.8) is 0 Å². The number of hydrogen-bond acceptors (Lipinski definition) is 4. The lowest BCUT2D eigenvalue weighted by Crippen LogP contribution is -2.12. The summed E-state index contributed by atoms with van der Waals surface area (Å²) in [7, 11) is 0. The second-order valence-electron chi connectivity index (χ2n) is 7.68. The van der Waals surface area contributed by atoms with Crippen molar-refractivity contribution in [2.45, 2.75) is 39.5 Å². The molecule has 0 spiro atoms. The number of para-hydroxylation sites is 1. The van der Waals surface area contributed by atoms with Crippen LogP contribution in [0, 0.1) is 5.92 Å². The average molecular weight is 419 g/mol. The largest absolute Gasteiger partial charge is 0.489 e. The first-order valence-corrected chi connectivity index (χ1v) is 11.0. The maximum absolute atomic E-state index is 12.6. The zero-order chi connectivity index (χ0) is 22.1. The highest BCUT2D eigenvalue weighted by Gasteiger charge is 2.22. The van der Waals surface area contributed by atoms with E-state index in [9.17, 15) is 9.59 Å². The highest BCUT2D eigenvalue weighted by atomic mass is 16.5. The summed E-state index contributed by atoms with van der Waals surface area (Å²) < 4.78 is 11.0. The molecule has 0 saturated heterocycles. The first kappa shape index (κ1) is 22.5. The summed E-state index contributed by atoms with van der Waals surface area (Å²) in [5.41, 5.74) is 3.89. The SMILES string of the molecule is CCOC(=O)c1cccc(CC(=O)CCC2=CC=C(COc3ccccc3)C2CC)c1. The first-order valence-electron chi connectivity index (χ1n) is 11.0. The predicted molar refractivity (Wildman–Crippen MR) is 122 cm³/mol. The molecule has 0 radical (unpaired) electrons. The van der Waals surface area contributed by atoms with Gasteiger partial charge in [-0.05, 0) is 55.2 Å². The lowest BCUT2D eigenvalue weighted by Gasteiger charge is -2.18. The van der Waals surface area contributed by atoms with Gasteiger partial charge in [-0.15, -0.1) is 0 Å². The Balaban J connectivity index is 1.49. The van der Waals surface area contributed by atoms with Crippen LogP contribution < -0.4 is 4.74 Å². The Kier molecular flexibility index (Phi) is 8.22. The van der Waals surface area contributed by atoms with Crippen molar-refractivity contribution in [1.82, 2.24) is 0 Å². The van der Waals surface area contributed by atoms with Crippen molar-refractivity contribution in [1.29, 1.82) is 0 Å². The third-order valence-corrected chi connectivity index (χ3v) is 5.50. The molecular formula is C27H30O4. The molecule has 0 bridgehead atoms. The van der Waals surface area contributed by atoms with Crippen LogP contribution in [0.5, 0.6) is 5.75 Å². The van der Waals surface area contributed by atoms with Crippen LogP contribution in [0.1, 0.15) is 49.0 Å². The fourth-order valence-electron chi connectivity index (χ4n) is 3.92. The minimum absolute atomic E-state index is 0.172. The Hall–Kier alpha value is -3.14. The molecule has 2 aromatic carbocycles. The third kappa shape index (κ3) is 6.42. The van der Waals surface area contributed by atoms with Gasteiger partial charge in [-0.2, -0.15) is 0 Å². The molecule has 0 amide bonds. The van der Waals surface area contributed by atoms with E-state index in [0.29, 0.717) is 37.5 Å². The minimum Gasteiger partial charge on any atom is -0.489 e. The van der Waals surface area contributed by atoms with Gasteiger partial charge in [-0.25, -0.2) is 4.79 Å². The van der Waals surface area contributed by atoms with E-state index < -0.39 is 0 Å². The summed E-state index contributed by atoms with van der Waals surface area (Å²) in [6.45, 7) is 4.85. The number of esters is 1. The number of carbonyl (C=O) groups excluding carboxylic acids is 2. The second-order valence-corrected chi connectivity index (χ2v) is 7.68. The van der Waals surface area contributed by atoms with E-state index in [1.54, 1.807) is 25.1 Å². The lowest BCUT2D eigenvalue weighted by molar-refractivity contribution is -0.118. The standard InChI is InChI=1S/C27H30O4/c1-3-26-21(13-14-23(26)19-31-25-11-6-5-7-12-25)15-16-24(28)18-20-9-8-10-22(17-20)27(29)30-4-2/h5-14,17,26H,3-4,15-16,18-19H2,1-2H3. The Morgan fingerprint density at radius 3 is 2.45 bits per heavy atom. The Morgan fingerprint density at radius 2 is 1.71 bits per heavy atom. The summed E-state index contributed by atoms with van der Waals surface area (Å²) in [5.74, 6) is 1.02. The highest BCUT2D eigenvalue weighted by Crippen LogP contribution is 2.33. The van der Waals surface area contributed by atoms with Gasteiger partial charge in [0.15, 0.2) is 0 Å². The fraction of sp³-hybridized carbons (Fsp3) is 0.333. The van der Waals surface area contributed by atoms with Crippen LogP contribution in [0.2, 0.25) is 0 Å². The van der Waals surface area contributed by atoms with Crippen molar-refractivity contribution in [3.05, 3.63) is 89.0 Å². The van der Waals surface area contributed by atoms with Crippen LogP contribution >= 0.6 is 0 Å². The highest BCUT2D eigenvalue weighted by molar-refractivity contribution is 5.90. The topological polar surface area (TPSA) is 52.6 Å². The van der Waals surface area contributed by atoms with E-state index in [2.05, 4.69) is 19.1 Å². The quantitative estimate of drug-likeness (QED) is 0.438. The summed E-state index contributed by atoms with van der Waals surface area (Å²) in [6, 6.07) is 17.0. The molecule has 162 valence electrons. The van der Waals surface area contributed by atoms with Crippen molar-refractivity contribution >= 4 is 11.8 Å². The van der Waals surface area contributed by atoms with Crippen molar-refractivity contribution < 1.29 is 19.1 Å². The van der Waals surface area contributed by atoms with Gasteiger partial charge in [0.05, 0.1) is 12.2 Å². The molecule has 31 heavy (non-hydrogen) atoms. The van der Waals surface area contributed by atoms with Gasteiger partial charge >= 0.3 is 5.97 Å². The molecule has 0 N–H and O–H groups in total. The molecule has 1 atom stereocenters. The van der Waals surface area contributed by atoms with Gasteiger partial charge in [-0.3, -0.25) is 4.79 Å². The van der Waals surface area contributed by atoms with Gasteiger partial charge < -0.3 is 9.47 Å². The van der Waals surface area contributed by atoms with E-state index in [1.807, 2.05) is 36.4 Å². The van der Waals surface area contributed by atoms with Crippen LogP contribution in [0.15, 0.2) is 77.9 Å². The van der Waals surface area contributed by atoms with E-state index in [0.717, 1.165) is 24.2 Å². The minimum atomic E-state index is -0.352. The number of ether oxygens (including phenoxy) is 2. The maximum atomic E-state index is 12.6. The number of hydrogen-bond donors (Lipinski definition) is 0. The summed E-state index contributed by atoms with van der Waals surface area (Å²) in [6.07, 6.45) is 6.85. The Labute approximate surface area is 184 Å². The van der Waals surface area contributed by atoms with Gasteiger partial charge in [0, 0.05) is 18.8 Å². The predicted octanol–water partition coefficient (Wildman–Crippen LogP) is 5.73. The smallest absolute Gasteiger partial charge is 0.338 e. The number of ketones is 1. The second kappa shape index (κ2) is 11.3. The third-order valence-electron chi connectivity index (χ3n) is 5.50. The van der Waals surface area contributed by atoms with Crippen molar-refractivity contribution in [2.75, 3.05) is 13.2 Å². The molecule has 4 nitrogen and oxygen atoms in total. The Bertz CT molecular complexity index is 956. The van der Waals surface area contributed by atoms with Gasteiger partial charge in [-0.1, -0.05) is 55.0 Å². The van der Waals surface area contributed by atoms with Crippen molar-refractivity contribution in [3.8, 4) is 5.75 Å². The van der Waals surface area contributed by atoms with Gasteiger partial charge in [0.1, 0.15) is 18.1 Å². The van der Waals surface area contributed by atoms with Crippen LogP contribution in [0.25, 0.3) is 0 Å². The molecular weight excluding hydrogens is 388 g/mol. The molecule has 0 aromatic heterocycles. The van der Waals surface area contributed by atoms with Crippen LogP contribution in [-0.4, -0.2) is 25.0 Å². The Morgan fingerprint density at radius 1 is 0.935 bits per heavy atom. The van der Waals surface area contributed by atoms with E-state index >= 15 is 0 Å². The molecule has 3 rings (SSSR count). The zero-order valence-electron chi connectivity index (χ0n) is 18.3. The molecule has 0 aliphatic heterocycles. The number of rotatable bonds is 11. The summed E-state index contributed by atoms with van der Waals surface area (Å²) >= 11 is 0. The molecule has 0 heterocycles. The molecule has 1 aliphatic carbocycles. The van der Waals surface area contributed by atoms with Crippen LogP contribution in [-0.2, 0) is 16.0 Å². The fourth-order valence-corrected chi connectivity index (χ4v) is 3.92. The first-order chi connectivity index (χ1) is 15.1. The monoisotopic (exact) mass is 418 g/mol. The normalized spacial score (nSPS) is 15.2. The zero-order valence-corrected chi connectivity index (χ0v) is 18.3.